The van der Waals surface area contributed by atoms with E-state index >= 15 is 0 Å². The van der Waals surface area contributed by atoms with E-state index < -0.39 is 5.60 Å². The molecule has 4 rings (SSSR count). The van der Waals surface area contributed by atoms with E-state index in [4.69, 9.17) is 28.3 Å². The van der Waals surface area contributed by atoms with E-state index in [2.05, 4.69) is 30.0 Å². The fraction of sp³-hybridized carbons (Fsp3) is 0.462. The maximum absolute atomic E-state index is 12.9. The van der Waals surface area contributed by atoms with Gasteiger partial charge in [0.1, 0.15) is 0 Å². The number of nitrogens with zero attached hydrogens (tertiary/aromatic N) is 2. The number of amides is 1. The molecule has 1 fully saturated rings. The van der Waals surface area contributed by atoms with E-state index in [1.54, 1.807) is 32.0 Å². The van der Waals surface area contributed by atoms with E-state index in [1.165, 1.54) is 12.8 Å². The number of halogens is 2. The van der Waals surface area contributed by atoms with Gasteiger partial charge in [-0.05, 0) is 81.7 Å². The third-order valence-corrected chi connectivity index (χ3v) is 7.19. The number of fused-ring (bicyclic) bond motifs is 1. The summed E-state index contributed by atoms with van der Waals surface area (Å²) in [6.45, 7) is 8.01. The summed E-state index contributed by atoms with van der Waals surface area (Å²) in [7, 11) is 0. The van der Waals surface area contributed by atoms with Gasteiger partial charge in [-0.25, -0.2) is 0 Å². The summed E-state index contributed by atoms with van der Waals surface area (Å²) in [6.07, 6.45) is 6.73. The van der Waals surface area contributed by atoms with Crippen molar-refractivity contribution in [2.75, 3.05) is 5.32 Å². The Bertz CT molecular complexity index is 1150. The molecule has 0 unspecified atom stereocenters. The van der Waals surface area contributed by atoms with Gasteiger partial charge in [0.05, 0.1) is 17.2 Å². The second-order valence-corrected chi connectivity index (χ2v) is 10.9. The Balaban J connectivity index is 1.65. The zero-order valence-corrected chi connectivity index (χ0v) is 21.0. The lowest BCUT2D eigenvalue weighted by molar-refractivity contribution is 0.0794. The Morgan fingerprint density at radius 1 is 1.09 bits per heavy atom. The molecular formula is C26H31Cl2N3O2. The summed E-state index contributed by atoms with van der Waals surface area (Å²) >= 11 is 12.1. The zero-order valence-electron chi connectivity index (χ0n) is 19.5. The van der Waals surface area contributed by atoms with Gasteiger partial charge in [0.25, 0.3) is 5.91 Å². The summed E-state index contributed by atoms with van der Waals surface area (Å²) in [5.74, 6) is 1.16. The van der Waals surface area contributed by atoms with E-state index in [0.717, 1.165) is 35.6 Å². The van der Waals surface area contributed by atoms with Crippen LogP contribution in [0.3, 0.4) is 0 Å². The Kier molecular flexibility index (Phi) is 6.77. The predicted octanol–water partition coefficient (Wildman–Crippen LogP) is 7.21. The summed E-state index contributed by atoms with van der Waals surface area (Å²) in [5.41, 5.74) is 1.14. The highest BCUT2D eigenvalue weighted by Crippen LogP contribution is 2.37. The van der Waals surface area contributed by atoms with Crippen molar-refractivity contribution in [3.8, 4) is 0 Å². The number of rotatable bonds is 5. The first-order valence-electron chi connectivity index (χ1n) is 11.5. The molecule has 1 aromatic heterocycles. The second kappa shape index (κ2) is 9.28. The number of nitrogens with one attached hydrogen (secondary N) is 1. The molecule has 1 heterocycles. The molecule has 1 saturated carbocycles. The van der Waals surface area contributed by atoms with Crippen molar-refractivity contribution in [1.82, 2.24) is 9.78 Å². The van der Waals surface area contributed by atoms with Crippen LogP contribution in [0.5, 0.6) is 0 Å². The molecule has 1 amide bonds. The van der Waals surface area contributed by atoms with Gasteiger partial charge < -0.3 is 10.4 Å². The van der Waals surface area contributed by atoms with Gasteiger partial charge in [0, 0.05) is 38.4 Å². The Morgan fingerprint density at radius 2 is 1.73 bits per heavy atom. The van der Waals surface area contributed by atoms with Crippen LogP contribution in [0.25, 0.3) is 10.9 Å². The molecule has 3 aromatic rings. The monoisotopic (exact) mass is 487 g/mol. The third-order valence-electron chi connectivity index (χ3n) is 6.75. The van der Waals surface area contributed by atoms with E-state index in [1.807, 2.05) is 12.1 Å². The normalized spacial score (nSPS) is 19.3. The maximum atomic E-state index is 12.9. The number of benzene rings is 2. The first-order valence-corrected chi connectivity index (χ1v) is 12.3. The van der Waals surface area contributed by atoms with Crippen LogP contribution in [0, 0.1) is 11.8 Å². The topological polar surface area (TPSA) is 67.2 Å². The van der Waals surface area contributed by atoms with Crippen LogP contribution in [-0.2, 0) is 5.60 Å². The number of hydrogen-bond donors (Lipinski definition) is 2. The lowest BCUT2D eigenvalue weighted by Gasteiger charge is -2.30. The molecule has 0 atom stereocenters. The minimum Gasteiger partial charge on any atom is -0.386 e. The van der Waals surface area contributed by atoms with Crippen molar-refractivity contribution < 1.29 is 9.90 Å². The fourth-order valence-corrected chi connectivity index (χ4v) is 5.33. The zero-order chi connectivity index (χ0) is 23.9. The Hall–Kier alpha value is -2.08. The summed E-state index contributed by atoms with van der Waals surface area (Å²) in [5, 5.41) is 20.3. The number of hydrogen-bond acceptors (Lipinski definition) is 3. The fourth-order valence-electron chi connectivity index (χ4n) is 4.80. The van der Waals surface area contributed by atoms with Crippen LogP contribution >= 0.6 is 23.2 Å². The molecule has 2 aromatic carbocycles. The molecule has 1 aliphatic carbocycles. The molecule has 7 heteroatoms. The number of carbonyl (C=O) groups is 1. The minimum absolute atomic E-state index is 0.344. The van der Waals surface area contributed by atoms with E-state index in [0.29, 0.717) is 32.9 Å². The molecule has 0 bridgehead atoms. The van der Waals surface area contributed by atoms with Gasteiger partial charge in [-0.15, -0.1) is 0 Å². The Morgan fingerprint density at radius 3 is 2.30 bits per heavy atom. The molecule has 33 heavy (non-hydrogen) atoms. The van der Waals surface area contributed by atoms with Gasteiger partial charge in [0.2, 0.25) is 0 Å². The lowest BCUT2D eigenvalue weighted by atomic mass is 9.80. The van der Waals surface area contributed by atoms with Gasteiger partial charge in [0.15, 0.2) is 0 Å². The third kappa shape index (κ3) is 5.37. The van der Waals surface area contributed by atoms with Crippen molar-refractivity contribution in [3.05, 3.63) is 57.7 Å². The van der Waals surface area contributed by atoms with E-state index in [9.17, 15) is 9.90 Å². The highest BCUT2D eigenvalue weighted by Gasteiger charge is 2.27. The molecule has 5 nitrogen and oxygen atoms in total. The molecule has 2 N–H and O–H groups in total. The highest BCUT2D eigenvalue weighted by molar-refractivity contribution is 6.35. The van der Waals surface area contributed by atoms with Gasteiger partial charge in [-0.3, -0.25) is 9.48 Å². The summed E-state index contributed by atoms with van der Waals surface area (Å²) in [6, 6.07) is 8.84. The van der Waals surface area contributed by atoms with Crippen molar-refractivity contribution in [2.45, 2.75) is 65.0 Å². The van der Waals surface area contributed by atoms with Crippen molar-refractivity contribution in [1.29, 1.82) is 0 Å². The number of anilines is 1. The SMILES string of the molecule is CC(C)[C@H]1CC[C@H](n2cc3cc(NC(=O)c4cc(Cl)cc(Cl)c4)c(C(C)(C)O)cc3n2)CC1. The average Bonchev–Trinajstić information content (AvgIpc) is 3.15. The first kappa shape index (κ1) is 24.1. The molecule has 0 aliphatic heterocycles. The summed E-state index contributed by atoms with van der Waals surface area (Å²) in [4.78, 5) is 12.9. The number of aromatic nitrogens is 2. The Labute approximate surface area is 205 Å². The minimum atomic E-state index is -1.16. The summed E-state index contributed by atoms with van der Waals surface area (Å²) < 4.78 is 2.07. The van der Waals surface area contributed by atoms with Crippen LogP contribution in [0.4, 0.5) is 5.69 Å². The quantitative estimate of drug-likeness (QED) is 0.399. The molecule has 0 radical (unpaired) electrons. The standard InChI is InChI=1S/C26H31Cl2N3O2/c1-15(2)16-5-7-21(8-6-16)31-14-18-11-24(22(26(3,4)33)13-23(18)30-31)29-25(32)17-9-19(27)12-20(28)10-17/h9-16,21,33H,5-8H2,1-4H3,(H,29,32)/t16-,21-. The van der Waals surface area contributed by atoms with Crippen molar-refractivity contribution >= 4 is 45.7 Å². The van der Waals surface area contributed by atoms with E-state index in [-0.39, 0.29) is 5.91 Å². The molecule has 1 aliphatic rings. The molecule has 176 valence electrons. The van der Waals surface area contributed by atoms with Crippen molar-refractivity contribution in [3.63, 3.8) is 0 Å². The van der Waals surface area contributed by atoms with Crippen LogP contribution < -0.4 is 5.32 Å². The average molecular weight is 488 g/mol. The molecule has 0 saturated heterocycles. The highest BCUT2D eigenvalue weighted by atomic mass is 35.5. The second-order valence-electron chi connectivity index (χ2n) is 10.0. The largest absolute Gasteiger partial charge is 0.386 e. The lowest BCUT2D eigenvalue weighted by Crippen LogP contribution is -2.21. The smallest absolute Gasteiger partial charge is 0.255 e. The van der Waals surface area contributed by atoms with Gasteiger partial charge in [-0.1, -0.05) is 37.0 Å². The molecule has 0 spiro atoms. The first-order chi connectivity index (χ1) is 15.5. The van der Waals surface area contributed by atoms with Crippen LogP contribution in [0.1, 0.15) is 75.3 Å². The van der Waals surface area contributed by atoms with Crippen molar-refractivity contribution in [2.24, 2.45) is 11.8 Å². The van der Waals surface area contributed by atoms with Crippen LogP contribution in [0.15, 0.2) is 36.5 Å². The maximum Gasteiger partial charge on any atom is 0.255 e. The molecular weight excluding hydrogens is 457 g/mol. The van der Waals surface area contributed by atoms with Gasteiger partial charge >= 0.3 is 0 Å². The number of aliphatic hydroxyl groups is 1. The number of carbonyl (C=O) groups excluding carboxylic acids is 1. The van der Waals surface area contributed by atoms with Gasteiger partial charge in [-0.2, -0.15) is 5.10 Å². The van der Waals surface area contributed by atoms with Crippen LogP contribution in [-0.4, -0.2) is 20.8 Å². The van der Waals surface area contributed by atoms with Crippen LogP contribution in [0.2, 0.25) is 10.0 Å². The predicted molar refractivity (Wildman–Crippen MR) is 135 cm³/mol.